The first-order valence-electron chi connectivity index (χ1n) is 8.38. The minimum Gasteiger partial charge on any atom is -0.489 e. The summed E-state index contributed by atoms with van der Waals surface area (Å²) in [6, 6.07) is 5.95. The van der Waals surface area contributed by atoms with Gasteiger partial charge in [0.1, 0.15) is 12.1 Å². The molecule has 1 aromatic carbocycles. The zero-order valence-corrected chi connectivity index (χ0v) is 15.2. The number of benzene rings is 1. The summed E-state index contributed by atoms with van der Waals surface area (Å²) in [5.74, 6) is 0.916. The third kappa shape index (κ3) is 3.01. The predicted molar refractivity (Wildman–Crippen MR) is 100 cm³/mol. The second-order valence-corrected chi connectivity index (χ2v) is 7.69. The van der Waals surface area contributed by atoms with E-state index in [-0.39, 0.29) is 6.10 Å². The van der Waals surface area contributed by atoms with Gasteiger partial charge in [-0.15, -0.1) is 11.3 Å². The van der Waals surface area contributed by atoms with E-state index in [9.17, 15) is 0 Å². The number of halogens is 1. The lowest BCUT2D eigenvalue weighted by molar-refractivity contribution is 0.154. The lowest BCUT2D eigenvalue weighted by Crippen LogP contribution is -2.20. The second kappa shape index (κ2) is 6.69. The SMILES string of the molecule is Cc1cc(Cl)cc(-c2ncnc3ccsc23)c1OC1CCCCC1. The molecule has 0 unspecified atom stereocenters. The average Bonchev–Trinajstić information content (AvgIpc) is 3.07. The highest BCUT2D eigenvalue weighted by Gasteiger charge is 2.21. The molecule has 124 valence electrons. The number of thiophene rings is 1. The van der Waals surface area contributed by atoms with Gasteiger partial charge in [0.2, 0.25) is 0 Å². The number of fused-ring (bicyclic) bond motifs is 1. The van der Waals surface area contributed by atoms with Crippen LogP contribution in [0.5, 0.6) is 5.75 Å². The van der Waals surface area contributed by atoms with Crippen molar-refractivity contribution in [1.82, 2.24) is 9.97 Å². The summed E-state index contributed by atoms with van der Waals surface area (Å²) in [4.78, 5) is 8.89. The molecule has 4 rings (SSSR count). The molecular formula is C19H19ClN2OS. The Labute approximate surface area is 150 Å². The van der Waals surface area contributed by atoms with Gasteiger partial charge in [0.05, 0.1) is 22.0 Å². The highest BCUT2D eigenvalue weighted by Crippen LogP contribution is 2.40. The minimum absolute atomic E-state index is 0.290. The van der Waals surface area contributed by atoms with Gasteiger partial charge in [-0.05, 0) is 61.7 Å². The monoisotopic (exact) mass is 358 g/mol. The van der Waals surface area contributed by atoms with Gasteiger partial charge in [-0.2, -0.15) is 0 Å². The number of nitrogens with zero attached hydrogens (tertiary/aromatic N) is 2. The molecule has 0 aliphatic heterocycles. The van der Waals surface area contributed by atoms with Crippen molar-refractivity contribution in [3.05, 3.63) is 40.5 Å². The Bertz CT molecular complexity index is 871. The number of aromatic nitrogens is 2. The Morgan fingerprint density at radius 3 is 2.83 bits per heavy atom. The van der Waals surface area contributed by atoms with Gasteiger partial charge in [-0.3, -0.25) is 0 Å². The largest absolute Gasteiger partial charge is 0.489 e. The summed E-state index contributed by atoms with van der Waals surface area (Å²) in [5, 5.41) is 2.75. The third-order valence-corrected chi connectivity index (χ3v) is 5.70. The number of ether oxygens (including phenoxy) is 1. The summed E-state index contributed by atoms with van der Waals surface area (Å²) in [5.41, 5.74) is 3.91. The van der Waals surface area contributed by atoms with E-state index in [2.05, 4.69) is 16.9 Å². The summed E-state index contributed by atoms with van der Waals surface area (Å²) < 4.78 is 7.51. The highest BCUT2D eigenvalue weighted by molar-refractivity contribution is 7.17. The first-order chi connectivity index (χ1) is 11.7. The van der Waals surface area contributed by atoms with E-state index < -0.39 is 0 Å². The van der Waals surface area contributed by atoms with Crippen molar-refractivity contribution < 1.29 is 4.74 Å². The van der Waals surface area contributed by atoms with E-state index in [0.29, 0.717) is 5.02 Å². The van der Waals surface area contributed by atoms with Gasteiger partial charge < -0.3 is 4.74 Å². The molecule has 0 N–H and O–H groups in total. The van der Waals surface area contributed by atoms with Crippen LogP contribution in [0.3, 0.4) is 0 Å². The van der Waals surface area contributed by atoms with Crippen molar-refractivity contribution in [2.24, 2.45) is 0 Å². The van der Waals surface area contributed by atoms with E-state index in [1.54, 1.807) is 17.7 Å². The maximum Gasteiger partial charge on any atom is 0.132 e. The average molecular weight is 359 g/mol. The molecule has 3 nitrogen and oxygen atoms in total. The third-order valence-electron chi connectivity index (χ3n) is 4.57. The quantitative estimate of drug-likeness (QED) is 0.573. The molecule has 0 spiro atoms. The molecule has 0 radical (unpaired) electrons. The molecule has 2 aromatic heterocycles. The lowest BCUT2D eigenvalue weighted by Gasteiger charge is -2.25. The Hall–Kier alpha value is -1.65. The fourth-order valence-corrected chi connectivity index (χ4v) is 4.51. The summed E-state index contributed by atoms with van der Waals surface area (Å²) >= 11 is 8.00. The zero-order valence-electron chi connectivity index (χ0n) is 13.6. The topological polar surface area (TPSA) is 35.0 Å². The van der Waals surface area contributed by atoms with Crippen LogP contribution < -0.4 is 4.74 Å². The van der Waals surface area contributed by atoms with E-state index >= 15 is 0 Å². The molecule has 2 heterocycles. The van der Waals surface area contributed by atoms with Crippen molar-refractivity contribution in [2.75, 3.05) is 0 Å². The van der Waals surface area contributed by atoms with Gasteiger partial charge in [0.15, 0.2) is 0 Å². The molecule has 0 bridgehead atoms. The van der Waals surface area contributed by atoms with Crippen molar-refractivity contribution in [3.8, 4) is 17.0 Å². The summed E-state index contributed by atoms with van der Waals surface area (Å²) in [7, 11) is 0. The standard InChI is InChI=1S/C19H19ClN2OS/c1-12-9-13(20)10-15(18(12)23-14-5-3-2-4-6-14)17-19-16(7-8-24-19)21-11-22-17/h7-11,14H,2-6H2,1H3. The molecule has 1 aliphatic rings. The summed E-state index contributed by atoms with van der Waals surface area (Å²) in [6.07, 6.45) is 7.96. The number of rotatable bonds is 3. The van der Waals surface area contributed by atoms with Crippen LogP contribution in [0, 0.1) is 6.92 Å². The van der Waals surface area contributed by atoms with E-state index in [4.69, 9.17) is 16.3 Å². The van der Waals surface area contributed by atoms with Gasteiger partial charge in [0.25, 0.3) is 0 Å². The Kier molecular flexibility index (Phi) is 4.42. The first-order valence-corrected chi connectivity index (χ1v) is 9.63. The molecule has 1 fully saturated rings. The molecule has 1 saturated carbocycles. The highest BCUT2D eigenvalue weighted by atomic mass is 35.5. The van der Waals surface area contributed by atoms with E-state index in [1.165, 1.54) is 19.3 Å². The lowest BCUT2D eigenvalue weighted by atomic mass is 9.97. The Morgan fingerprint density at radius 1 is 1.17 bits per heavy atom. The number of hydrogen-bond acceptors (Lipinski definition) is 4. The molecule has 1 aliphatic carbocycles. The number of aryl methyl sites for hydroxylation is 1. The molecule has 5 heteroatoms. The van der Waals surface area contributed by atoms with Gasteiger partial charge in [-0.1, -0.05) is 18.0 Å². The van der Waals surface area contributed by atoms with Gasteiger partial charge in [0, 0.05) is 10.6 Å². The number of hydrogen-bond donors (Lipinski definition) is 0. The fraction of sp³-hybridized carbons (Fsp3) is 0.368. The van der Waals surface area contributed by atoms with Crippen LogP contribution in [0.4, 0.5) is 0 Å². The maximum absolute atomic E-state index is 6.44. The Balaban J connectivity index is 1.83. The molecule has 24 heavy (non-hydrogen) atoms. The van der Waals surface area contributed by atoms with Crippen LogP contribution in [-0.4, -0.2) is 16.1 Å². The normalized spacial score (nSPS) is 15.8. The zero-order chi connectivity index (χ0) is 16.5. The van der Waals surface area contributed by atoms with Crippen LogP contribution >= 0.6 is 22.9 Å². The molecule has 0 amide bonds. The fourth-order valence-electron chi connectivity index (χ4n) is 3.39. The van der Waals surface area contributed by atoms with E-state index in [1.807, 2.05) is 23.6 Å². The molecule has 3 aromatic rings. The molecule has 0 atom stereocenters. The summed E-state index contributed by atoms with van der Waals surface area (Å²) in [6.45, 7) is 2.06. The van der Waals surface area contributed by atoms with Gasteiger partial charge >= 0.3 is 0 Å². The van der Waals surface area contributed by atoms with Crippen molar-refractivity contribution in [3.63, 3.8) is 0 Å². The van der Waals surface area contributed by atoms with Crippen LogP contribution in [0.2, 0.25) is 5.02 Å². The first kappa shape index (κ1) is 15.9. The van der Waals surface area contributed by atoms with Crippen LogP contribution in [0.15, 0.2) is 29.9 Å². The van der Waals surface area contributed by atoms with Crippen LogP contribution in [0.25, 0.3) is 21.5 Å². The van der Waals surface area contributed by atoms with E-state index in [0.717, 1.165) is 45.6 Å². The van der Waals surface area contributed by atoms with Gasteiger partial charge in [-0.25, -0.2) is 9.97 Å². The maximum atomic E-state index is 6.44. The predicted octanol–water partition coefficient (Wildman–Crippen LogP) is 6.03. The molecular weight excluding hydrogens is 340 g/mol. The smallest absolute Gasteiger partial charge is 0.132 e. The Morgan fingerprint density at radius 2 is 2.00 bits per heavy atom. The molecule has 0 saturated heterocycles. The van der Waals surface area contributed by atoms with Crippen molar-refractivity contribution >= 4 is 33.2 Å². The second-order valence-electron chi connectivity index (χ2n) is 6.33. The van der Waals surface area contributed by atoms with Crippen LogP contribution in [-0.2, 0) is 0 Å². The van der Waals surface area contributed by atoms with Crippen LogP contribution in [0.1, 0.15) is 37.7 Å². The van der Waals surface area contributed by atoms with Crippen molar-refractivity contribution in [2.45, 2.75) is 45.1 Å². The van der Waals surface area contributed by atoms with Crippen molar-refractivity contribution in [1.29, 1.82) is 0 Å². The minimum atomic E-state index is 0.290.